The number of carbonyl (C=O) groups excluding carboxylic acids is 1. The Bertz CT molecular complexity index is 709. The monoisotopic (exact) mass is 303 g/mol. The summed E-state index contributed by atoms with van der Waals surface area (Å²) in [6, 6.07) is 2.09. The molecule has 0 fully saturated rings. The number of hydrogen-bond donors (Lipinski definition) is 1. The third-order valence-corrected chi connectivity index (χ3v) is 4.32. The Morgan fingerprint density at radius 1 is 1.48 bits per heavy atom. The van der Waals surface area contributed by atoms with Gasteiger partial charge >= 0.3 is 0 Å². The number of imidazole rings is 1. The number of nitriles is 1. The molecule has 1 unspecified atom stereocenters. The van der Waals surface area contributed by atoms with Gasteiger partial charge < -0.3 is 5.11 Å². The van der Waals surface area contributed by atoms with Gasteiger partial charge in [-0.15, -0.1) is 0 Å². The first kappa shape index (κ1) is 14.1. The van der Waals surface area contributed by atoms with Crippen molar-refractivity contribution >= 4 is 23.1 Å². The number of allylic oxidation sites excluding steroid dienone is 4. The SMILES string of the molecule is N#CC1=C(Cl)C=C(n2cnc3c2C(=O)CC(CO)C3)CC1. The predicted molar refractivity (Wildman–Crippen MR) is 77.5 cm³/mol. The summed E-state index contributed by atoms with van der Waals surface area (Å²) in [4.78, 5) is 16.6. The summed E-state index contributed by atoms with van der Waals surface area (Å²) in [5.41, 5.74) is 2.78. The maximum atomic E-state index is 12.3. The minimum Gasteiger partial charge on any atom is -0.396 e. The van der Waals surface area contributed by atoms with Crippen LogP contribution in [0.3, 0.4) is 0 Å². The molecule has 108 valence electrons. The van der Waals surface area contributed by atoms with Crippen molar-refractivity contribution in [3.63, 3.8) is 0 Å². The van der Waals surface area contributed by atoms with Crippen molar-refractivity contribution in [2.24, 2.45) is 5.92 Å². The van der Waals surface area contributed by atoms with Crippen LogP contribution in [0.25, 0.3) is 5.70 Å². The van der Waals surface area contributed by atoms with Gasteiger partial charge in [0, 0.05) is 24.3 Å². The molecule has 0 aliphatic heterocycles. The van der Waals surface area contributed by atoms with Crippen molar-refractivity contribution in [2.45, 2.75) is 25.7 Å². The molecule has 0 spiro atoms. The highest BCUT2D eigenvalue weighted by Crippen LogP contribution is 2.32. The summed E-state index contributed by atoms with van der Waals surface area (Å²) in [6.45, 7) is 0.000825. The lowest BCUT2D eigenvalue weighted by atomic mass is 9.89. The molecular formula is C15H14ClN3O2. The largest absolute Gasteiger partial charge is 0.396 e. The first-order valence-corrected chi connectivity index (χ1v) is 7.21. The van der Waals surface area contributed by atoms with Gasteiger partial charge in [0.25, 0.3) is 0 Å². The standard InChI is InChI=1S/C15H14ClN3O2/c16-12-5-11(2-1-10(12)6-17)19-8-18-13-3-9(7-20)4-14(21)15(13)19/h5,8-9,20H,1-4,7H2. The Labute approximate surface area is 127 Å². The second kappa shape index (κ2) is 5.47. The molecule has 6 heteroatoms. The van der Waals surface area contributed by atoms with Crippen molar-refractivity contribution in [1.82, 2.24) is 9.55 Å². The summed E-state index contributed by atoms with van der Waals surface area (Å²) in [7, 11) is 0. The average Bonchev–Trinajstić information content (AvgIpc) is 2.91. The first-order valence-electron chi connectivity index (χ1n) is 6.84. The van der Waals surface area contributed by atoms with Crippen LogP contribution in [0.15, 0.2) is 23.0 Å². The molecule has 1 aromatic rings. The third kappa shape index (κ3) is 2.41. The molecule has 0 saturated heterocycles. The van der Waals surface area contributed by atoms with Crippen molar-refractivity contribution in [3.8, 4) is 6.07 Å². The second-order valence-electron chi connectivity index (χ2n) is 5.36. The summed E-state index contributed by atoms with van der Waals surface area (Å²) in [5.74, 6) is -0.0396. The van der Waals surface area contributed by atoms with E-state index < -0.39 is 0 Å². The predicted octanol–water partition coefficient (Wildman–Crippen LogP) is 2.27. The number of nitrogens with zero attached hydrogens (tertiary/aromatic N) is 3. The van der Waals surface area contributed by atoms with Gasteiger partial charge in [-0.1, -0.05) is 11.6 Å². The van der Waals surface area contributed by atoms with Gasteiger partial charge in [-0.25, -0.2) is 4.98 Å². The number of aliphatic hydroxyl groups excluding tert-OH is 1. The fraction of sp³-hybridized carbons (Fsp3) is 0.400. The highest BCUT2D eigenvalue weighted by Gasteiger charge is 2.30. The zero-order valence-corrected chi connectivity index (χ0v) is 12.1. The van der Waals surface area contributed by atoms with Crippen LogP contribution in [0, 0.1) is 17.2 Å². The molecule has 5 nitrogen and oxygen atoms in total. The molecule has 1 aromatic heterocycles. The minimum absolute atomic E-state index is 0.000109. The number of rotatable bonds is 2. The van der Waals surface area contributed by atoms with E-state index in [4.69, 9.17) is 16.9 Å². The average molecular weight is 304 g/mol. The topological polar surface area (TPSA) is 78.9 Å². The molecule has 3 rings (SSSR count). The van der Waals surface area contributed by atoms with Gasteiger partial charge in [0.15, 0.2) is 5.78 Å². The van der Waals surface area contributed by atoms with E-state index in [1.807, 2.05) is 0 Å². The Morgan fingerprint density at radius 3 is 2.95 bits per heavy atom. The van der Waals surface area contributed by atoms with Crippen LogP contribution < -0.4 is 0 Å². The summed E-state index contributed by atoms with van der Waals surface area (Å²) < 4.78 is 1.78. The van der Waals surface area contributed by atoms with E-state index in [1.165, 1.54) is 0 Å². The normalized spacial score (nSPS) is 21.9. The number of aliphatic hydroxyl groups is 1. The van der Waals surface area contributed by atoms with Crippen molar-refractivity contribution < 1.29 is 9.90 Å². The molecule has 0 bridgehead atoms. The summed E-state index contributed by atoms with van der Waals surface area (Å²) in [6.07, 6.45) is 5.55. The van der Waals surface area contributed by atoms with E-state index in [0.717, 1.165) is 11.4 Å². The molecule has 0 saturated carbocycles. The van der Waals surface area contributed by atoms with Crippen LogP contribution >= 0.6 is 11.6 Å². The number of carbonyl (C=O) groups is 1. The van der Waals surface area contributed by atoms with Crippen LogP contribution in [-0.4, -0.2) is 27.0 Å². The lowest BCUT2D eigenvalue weighted by Gasteiger charge is -2.21. The van der Waals surface area contributed by atoms with Gasteiger partial charge in [0.2, 0.25) is 0 Å². The van der Waals surface area contributed by atoms with E-state index in [2.05, 4.69) is 11.1 Å². The Balaban J connectivity index is 2.00. The second-order valence-corrected chi connectivity index (χ2v) is 5.77. The number of halogens is 1. The summed E-state index contributed by atoms with van der Waals surface area (Å²) in [5, 5.41) is 18.6. The van der Waals surface area contributed by atoms with Gasteiger partial charge in [0.05, 0.1) is 23.1 Å². The van der Waals surface area contributed by atoms with Crippen molar-refractivity contribution in [3.05, 3.63) is 34.4 Å². The molecule has 2 aliphatic carbocycles. The number of hydrogen-bond acceptors (Lipinski definition) is 4. The van der Waals surface area contributed by atoms with Gasteiger partial charge in [-0.3, -0.25) is 9.36 Å². The zero-order chi connectivity index (χ0) is 15.0. The Hall–Kier alpha value is -1.90. The smallest absolute Gasteiger partial charge is 0.181 e. The lowest BCUT2D eigenvalue weighted by Crippen LogP contribution is -2.24. The number of fused-ring (bicyclic) bond motifs is 1. The van der Waals surface area contributed by atoms with Crippen LogP contribution in [0.5, 0.6) is 0 Å². The first-order chi connectivity index (χ1) is 10.1. The van der Waals surface area contributed by atoms with Crippen molar-refractivity contribution in [2.75, 3.05) is 6.61 Å². The van der Waals surface area contributed by atoms with Gasteiger partial charge in [-0.2, -0.15) is 5.26 Å². The molecule has 21 heavy (non-hydrogen) atoms. The summed E-state index contributed by atoms with van der Waals surface area (Å²) >= 11 is 6.09. The molecule has 0 amide bonds. The van der Waals surface area contributed by atoms with Crippen LogP contribution in [0.2, 0.25) is 0 Å². The minimum atomic E-state index is -0.0395. The number of aromatic nitrogens is 2. The molecule has 0 radical (unpaired) electrons. The highest BCUT2D eigenvalue weighted by atomic mass is 35.5. The van der Waals surface area contributed by atoms with Crippen LogP contribution in [0.1, 0.15) is 35.4 Å². The molecule has 1 heterocycles. The fourth-order valence-corrected chi connectivity index (χ4v) is 3.12. The Morgan fingerprint density at radius 2 is 2.29 bits per heavy atom. The van der Waals surface area contributed by atoms with Crippen molar-refractivity contribution in [1.29, 1.82) is 5.26 Å². The maximum Gasteiger partial charge on any atom is 0.181 e. The van der Waals surface area contributed by atoms with E-state index in [0.29, 0.717) is 42.0 Å². The van der Waals surface area contributed by atoms with Crippen LogP contribution in [-0.2, 0) is 6.42 Å². The molecule has 0 aromatic carbocycles. The molecular weight excluding hydrogens is 290 g/mol. The highest BCUT2D eigenvalue weighted by molar-refractivity contribution is 6.32. The molecule has 1 atom stereocenters. The van der Waals surface area contributed by atoms with E-state index in [-0.39, 0.29) is 18.3 Å². The lowest BCUT2D eigenvalue weighted by molar-refractivity contribution is 0.0911. The zero-order valence-electron chi connectivity index (χ0n) is 11.3. The van der Waals surface area contributed by atoms with E-state index >= 15 is 0 Å². The van der Waals surface area contributed by atoms with E-state index in [9.17, 15) is 9.90 Å². The Kier molecular flexibility index (Phi) is 3.66. The number of ketones is 1. The fourth-order valence-electron chi connectivity index (χ4n) is 2.86. The maximum absolute atomic E-state index is 12.3. The van der Waals surface area contributed by atoms with E-state index in [1.54, 1.807) is 17.0 Å². The quantitative estimate of drug-likeness (QED) is 0.909. The number of Topliss-reactive ketones (excluding diaryl/α,β-unsaturated/α-hetero) is 1. The molecule has 2 aliphatic rings. The third-order valence-electron chi connectivity index (χ3n) is 3.98. The van der Waals surface area contributed by atoms with Crippen LogP contribution in [0.4, 0.5) is 0 Å². The van der Waals surface area contributed by atoms with Gasteiger partial charge in [0.1, 0.15) is 5.69 Å². The van der Waals surface area contributed by atoms with Gasteiger partial charge in [-0.05, 0) is 31.3 Å². The molecule has 1 N–H and O–H groups in total.